The number of hydrogen-bond donors (Lipinski definition) is 3. The predicted molar refractivity (Wildman–Crippen MR) is 32.6 cm³/mol. The van der Waals surface area contributed by atoms with Crippen molar-refractivity contribution in [3.8, 4) is 0 Å². The highest BCUT2D eigenvalue weighted by Crippen LogP contribution is 1.88. The lowest BCUT2D eigenvalue weighted by atomic mass is 10.6. The Morgan fingerprint density at radius 2 is 2.50 bits per heavy atom. The second-order valence-corrected chi connectivity index (χ2v) is 1.55. The third-order valence-corrected chi connectivity index (χ3v) is 0.893. The largest absolute Gasteiger partial charge is 0.294 e. The summed E-state index contributed by atoms with van der Waals surface area (Å²) in [6.45, 7) is 0. The molecule has 6 heteroatoms. The second-order valence-electron chi connectivity index (χ2n) is 1.55. The summed E-state index contributed by atoms with van der Waals surface area (Å²) in [5, 5.41) is 0. The smallest absolute Gasteiger partial charge is 0.288 e. The first kappa shape index (κ1) is 6.69. The number of rotatable bonds is 1. The molecule has 0 bridgehead atoms. The van der Waals surface area contributed by atoms with Crippen molar-refractivity contribution >= 4 is 5.95 Å². The molecule has 0 saturated heterocycles. The lowest BCUT2D eigenvalue weighted by molar-refractivity contribution is 0.601. The molecule has 1 aromatic rings. The molecule has 0 atom stereocenters. The van der Waals surface area contributed by atoms with Gasteiger partial charge in [-0.2, -0.15) is 4.39 Å². The van der Waals surface area contributed by atoms with Gasteiger partial charge in [0.15, 0.2) is 0 Å². The number of nitrogens with one attached hydrogen (secondary N) is 2. The summed E-state index contributed by atoms with van der Waals surface area (Å²) >= 11 is 0. The molecule has 0 fully saturated rings. The van der Waals surface area contributed by atoms with Crippen molar-refractivity contribution in [3.63, 3.8) is 0 Å². The van der Waals surface area contributed by atoms with Gasteiger partial charge >= 0.3 is 0 Å². The molecule has 0 radical (unpaired) electrons. The zero-order chi connectivity index (χ0) is 7.56. The summed E-state index contributed by atoms with van der Waals surface area (Å²) in [6.07, 6.45) is 0.786. The molecule has 10 heavy (non-hydrogen) atoms. The normalized spacial score (nSPS) is 9.40. The summed E-state index contributed by atoms with van der Waals surface area (Å²) in [5.74, 6) is 3.97. The van der Waals surface area contributed by atoms with Gasteiger partial charge in [0.05, 0.1) is 6.20 Å². The highest BCUT2D eigenvalue weighted by Gasteiger charge is 1.97. The molecular formula is C4H5FN4O. The number of hydrazine groups is 1. The Hall–Kier alpha value is -1.43. The number of hydrogen-bond acceptors (Lipinski definition) is 4. The van der Waals surface area contributed by atoms with Crippen molar-refractivity contribution < 1.29 is 4.39 Å². The van der Waals surface area contributed by atoms with E-state index in [2.05, 4.69) is 10.4 Å². The first-order valence-electron chi connectivity index (χ1n) is 2.45. The number of nitrogens with zero attached hydrogens (tertiary/aromatic N) is 1. The lowest BCUT2D eigenvalue weighted by Crippen LogP contribution is -2.18. The van der Waals surface area contributed by atoms with Gasteiger partial charge in [-0.05, 0) is 0 Å². The Labute approximate surface area is 55.1 Å². The van der Waals surface area contributed by atoms with Crippen LogP contribution in [0.25, 0.3) is 0 Å². The third kappa shape index (κ3) is 1.11. The van der Waals surface area contributed by atoms with Gasteiger partial charge in [-0.1, -0.05) is 0 Å². The van der Waals surface area contributed by atoms with E-state index in [1.807, 2.05) is 4.98 Å². The van der Waals surface area contributed by atoms with E-state index in [4.69, 9.17) is 5.84 Å². The second kappa shape index (κ2) is 2.44. The van der Waals surface area contributed by atoms with Crippen LogP contribution in [0.15, 0.2) is 11.0 Å². The zero-order valence-corrected chi connectivity index (χ0v) is 4.89. The molecule has 0 unspecified atom stereocenters. The molecular weight excluding hydrogens is 139 g/mol. The number of anilines is 1. The third-order valence-electron chi connectivity index (χ3n) is 0.893. The molecule has 0 aliphatic rings. The number of nitrogen functional groups attached to an aromatic ring is 1. The maximum atomic E-state index is 12.2. The average molecular weight is 144 g/mol. The lowest BCUT2D eigenvalue weighted by Gasteiger charge is -1.94. The molecule has 5 nitrogen and oxygen atoms in total. The molecule has 1 heterocycles. The quantitative estimate of drug-likeness (QED) is 0.355. The van der Waals surface area contributed by atoms with Crippen molar-refractivity contribution in [2.75, 3.05) is 5.43 Å². The molecule has 0 saturated carbocycles. The molecule has 0 aromatic carbocycles. The van der Waals surface area contributed by atoms with E-state index in [1.54, 1.807) is 0 Å². The predicted octanol–water partition coefficient (Wildman–Crippen LogP) is -0.805. The molecule has 0 spiro atoms. The first-order valence-corrected chi connectivity index (χ1v) is 2.45. The Morgan fingerprint density at radius 3 is 3.00 bits per heavy atom. The SMILES string of the molecule is NNc1ncc(F)c(=O)[nH]1. The van der Waals surface area contributed by atoms with Crippen molar-refractivity contribution in [1.82, 2.24) is 9.97 Å². The molecule has 0 aliphatic carbocycles. The Morgan fingerprint density at radius 1 is 1.80 bits per heavy atom. The standard InChI is InChI=1S/C4H5FN4O/c5-2-1-7-4(9-6)8-3(2)10/h1H,6H2,(H2,7,8,9,10). The fraction of sp³-hybridized carbons (Fsp3) is 0. The minimum absolute atomic E-state index is 0.0337. The van der Waals surface area contributed by atoms with Crippen LogP contribution in [0.1, 0.15) is 0 Å². The van der Waals surface area contributed by atoms with Crippen molar-refractivity contribution in [1.29, 1.82) is 0 Å². The fourth-order valence-corrected chi connectivity index (χ4v) is 0.453. The summed E-state index contributed by atoms with van der Waals surface area (Å²) < 4.78 is 12.2. The van der Waals surface area contributed by atoms with Crippen molar-refractivity contribution in [2.45, 2.75) is 0 Å². The van der Waals surface area contributed by atoms with Gasteiger partial charge in [-0.25, -0.2) is 10.8 Å². The highest BCUT2D eigenvalue weighted by atomic mass is 19.1. The molecule has 1 rings (SSSR count). The number of halogens is 1. The van der Waals surface area contributed by atoms with Gasteiger partial charge in [0.25, 0.3) is 5.56 Å². The summed E-state index contributed by atoms with van der Waals surface area (Å²) in [6, 6.07) is 0. The van der Waals surface area contributed by atoms with Crippen LogP contribution in [0.4, 0.5) is 10.3 Å². The van der Waals surface area contributed by atoms with E-state index < -0.39 is 11.4 Å². The van der Waals surface area contributed by atoms with Gasteiger partial charge in [0, 0.05) is 0 Å². The van der Waals surface area contributed by atoms with Crippen LogP contribution in [0, 0.1) is 5.82 Å². The molecule has 0 aliphatic heterocycles. The highest BCUT2D eigenvalue weighted by molar-refractivity contribution is 5.19. The average Bonchev–Trinajstić information content (AvgIpc) is 1.95. The van der Waals surface area contributed by atoms with E-state index in [1.165, 1.54) is 0 Å². The van der Waals surface area contributed by atoms with Gasteiger partial charge in [-0.15, -0.1) is 0 Å². The van der Waals surface area contributed by atoms with Gasteiger partial charge < -0.3 is 0 Å². The number of H-pyrrole nitrogens is 1. The topological polar surface area (TPSA) is 83.8 Å². The van der Waals surface area contributed by atoms with Crippen molar-refractivity contribution in [3.05, 3.63) is 22.4 Å². The zero-order valence-electron chi connectivity index (χ0n) is 4.89. The van der Waals surface area contributed by atoms with E-state index in [9.17, 15) is 9.18 Å². The van der Waals surface area contributed by atoms with Crippen LogP contribution >= 0.6 is 0 Å². The summed E-state index contributed by atoms with van der Waals surface area (Å²) in [7, 11) is 0. The summed E-state index contributed by atoms with van der Waals surface area (Å²) in [4.78, 5) is 15.9. The van der Waals surface area contributed by atoms with Crippen LogP contribution < -0.4 is 16.8 Å². The Bertz CT molecular complexity index is 283. The maximum Gasteiger partial charge on any atom is 0.288 e. The maximum absolute atomic E-state index is 12.2. The van der Waals surface area contributed by atoms with E-state index in [0.717, 1.165) is 6.20 Å². The minimum atomic E-state index is -0.931. The minimum Gasteiger partial charge on any atom is -0.294 e. The molecule has 0 amide bonds. The van der Waals surface area contributed by atoms with Crippen LogP contribution in [0.2, 0.25) is 0 Å². The van der Waals surface area contributed by atoms with Gasteiger partial charge in [0.2, 0.25) is 11.8 Å². The van der Waals surface area contributed by atoms with Crippen LogP contribution in [0.5, 0.6) is 0 Å². The Balaban J connectivity index is 3.17. The molecule has 4 N–H and O–H groups in total. The monoisotopic (exact) mass is 144 g/mol. The molecule has 1 aromatic heterocycles. The number of aromatic amines is 1. The van der Waals surface area contributed by atoms with Gasteiger partial charge in [0.1, 0.15) is 0 Å². The van der Waals surface area contributed by atoms with Crippen LogP contribution in [-0.4, -0.2) is 9.97 Å². The van der Waals surface area contributed by atoms with E-state index in [-0.39, 0.29) is 5.95 Å². The van der Waals surface area contributed by atoms with Crippen LogP contribution in [-0.2, 0) is 0 Å². The van der Waals surface area contributed by atoms with Crippen LogP contribution in [0.3, 0.4) is 0 Å². The van der Waals surface area contributed by atoms with E-state index >= 15 is 0 Å². The number of nitrogens with two attached hydrogens (primary N) is 1. The summed E-state index contributed by atoms with van der Waals surface area (Å²) in [5.41, 5.74) is 1.22. The molecule has 54 valence electrons. The van der Waals surface area contributed by atoms with E-state index in [0.29, 0.717) is 0 Å². The Kier molecular flexibility index (Phi) is 1.63. The first-order chi connectivity index (χ1) is 4.74. The number of aromatic nitrogens is 2. The van der Waals surface area contributed by atoms with Gasteiger partial charge in [-0.3, -0.25) is 15.2 Å². The van der Waals surface area contributed by atoms with Crippen molar-refractivity contribution in [2.24, 2.45) is 5.84 Å². The fourth-order valence-electron chi connectivity index (χ4n) is 0.453.